The fraction of sp³-hybridized carbons (Fsp3) is 0.800. The minimum atomic E-state index is 0.190. The summed E-state index contributed by atoms with van der Waals surface area (Å²) in [6.45, 7) is 3.03. The van der Waals surface area contributed by atoms with E-state index in [4.69, 9.17) is 12.2 Å². The molecule has 0 aliphatic carbocycles. The molecule has 1 saturated heterocycles. The van der Waals surface area contributed by atoms with E-state index in [-0.39, 0.29) is 5.91 Å². The maximum Gasteiger partial charge on any atom is 0.238 e. The van der Waals surface area contributed by atoms with Crippen molar-refractivity contribution in [3.8, 4) is 0 Å². The maximum absolute atomic E-state index is 11.3. The van der Waals surface area contributed by atoms with E-state index in [1.807, 2.05) is 0 Å². The lowest BCUT2D eigenvalue weighted by atomic mass is 10.1. The van der Waals surface area contributed by atoms with Crippen LogP contribution in [0.2, 0.25) is 0 Å². The Balaban J connectivity index is 2.11. The van der Waals surface area contributed by atoms with E-state index in [0.717, 1.165) is 17.3 Å². The Bertz CT molecular complexity index is 202. The molecule has 0 aromatic heterocycles. The van der Waals surface area contributed by atoms with Gasteiger partial charge in [0, 0.05) is 6.54 Å². The molecule has 80 valence electrons. The Kier molecular flexibility index (Phi) is 5.48. The number of thioether (sulfide) groups is 1. The number of hydrogen-bond acceptors (Lipinski definition) is 3. The molecule has 0 spiro atoms. The number of carbonyl (C=O) groups excluding carboxylic acids is 1. The molecule has 2 nitrogen and oxygen atoms in total. The molecule has 0 aromatic carbocycles. The van der Waals surface area contributed by atoms with Crippen LogP contribution in [-0.2, 0) is 4.79 Å². The van der Waals surface area contributed by atoms with Gasteiger partial charge in [-0.15, -0.1) is 0 Å². The summed E-state index contributed by atoms with van der Waals surface area (Å²) in [4.78, 5) is 13.1. The molecule has 0 saturated carbocycles. The molecule has 0 atom stereocenters. The van der Waals surface area contributed by atoms with E-state index < -0.39 is 0 Å². The normalized spacial score (nSPS) is 16.8. The van der Waals surface area contributed by atoms with Crippen molar-refractivity contribution < 1.29 is 4.79 Å². The molecule has 0 bridgehead atoms. The van der Waals surface area contributed by atoms with E-state index >= 15 is 0 Å². The van der Waals surface area contributed by atoms with Crippen LogP contribution < -0.4 is 0 Å². The summed E-state index contributed by atoms with van der Waals surface area (Å²) < 4.78 is 0.769. The van der Waals surface area contributed by atoms with Gasteiger partial charge in [0.2, 0.25) is 5.91 Å². The average molecular weight is 231 g/mol. The first-order valence-electron chi connectivity index (χ1n) is 5.23. The van der Waals surface area contributed by atoms with Crippen LogP contribution in [0.25, 0.3) is 0 Å². The predicted molar refractivity (Wildman–Crippen MR) is 65.5 cm³/mol. The summed E-state index contributed by atoms with van der Waals surface area (Å²) in [5.74, 6) is 0.740. The molecule has 0 radical (unpaired) electrons. The molecular weight excluding hydrogens is 214 g/mol. The fourth-order valence-electron chi connectivity index (χ4n) is 1.47. The summed E-state index contributed by atoms with van der Waals surface area (Å²) in [6, 6.07) is 0. The molecule has 1 heterocycles. The Hall–Kier alpha value is -0.0900. The zero-order valence-corrected chi connectivity index (χ0v) is 10.3. The highest BCUT2D eigenvalue weighted by atomic mass is 32.2. The lowest BCUT2D eigenvalue weighted by Gasteiger charge is -2.14. The lowest BCUT2D eigenvalue weighted by molar-refractivity contribution is -0.124. The van der Waals surface area contributed by atoms with Crippen LogP contribution in [0, 0.1) is 0 Å². The van der Waals surface area contributed by atoms with Crippen LogP contribution in [0.4, 0.5) is 0 Å². The van der Waals surface area contributed by atoms with Crippen LogP contribution in [0.15, 0.2) is 0 Å². The largest absolute Gasteiger partial charge is 0.297 e. The van der Waals surface area contributed by atoms with Crippen LogP contribution in [0.1, 0.15) is 39.0 Å². The second-order valence-electron chi connectivity index (χ2n) is 3.51. The summed E-state index contributed by atoms with van der Waals surface area (Å²) >= 11 is 6.58. The highest BCUT2D eigenvalue weighted by Gasteiger charge is 2.25. The van der Waals surface area contributed by atoms with Crippen LogP contribution in [0.3, 0.4) is 0 Å². The average Bonchev–Trinajstić information content (AvgIpc) is 2.48. The smallest absolute Gasteiger partial charge is 0.238 e. The van der Waals surface area contributed by atoms with E-state index in [1.54, 1.807) is 4.90 Å². The van der Waals surface area contributed by atoms with Crippen molar-refractivity contribution in [2.45, 2.75) is 39.0 Å². The number of nitrogens with zero attached hydrogens (tertiary/aromatic N) is 1. The van der Waals surface area contributed by atoms with Crippen molar-refractivity contribution >= 4 is 34.2 Å². The number of unbranched alkanes of at least 4 members (excludes halogenated alkanes) is 4. The molecule has 1 aliphatic heterocycles. The molecule has 1 rings (SSSR count). The zero-order valence-electron chi connectivity index (χ0n) is 8.62. The van der Waals surface area contributed by atoms with Gasteiger partial charge in [-0.3, -0.25) is 9.69 Å². The maximum atomic E-state index is 11.3. The molecule has 14 heavy (non-hydrogen) atoms. The number of hydrogen-bond donors (Lipinski definition) is 0. The van der Waals surface area contributed by atoms with Gasteiger partial charge in [0.15, 0.2) is 0 Å². The first-order valence-corrected chi connectivity index (χ1v) is 6.62. The quantitative estimate of drug-likeness (QED) is 0.518. The Labute approximate surface area is 95.4 Å². The van der Waals surface area contributed by atoms with Crippen molar-refractivity contribution in [3.05, 3.63) is 0 Å². The molecule has 0 N–H and O–H groups in total. The minimum absolute atomic E-state index is 0.190. The molecule has 0 unspecified atom stereocenters. The van der Waals surface area contributed by atoms with E-state index in [9.17, 15) is 4.79 Å². The van der Waals surface area contributed by atoms with Crippen LogP contribution >= 0.6 is 24.0 Å². The second kappa shape index (κ2) is 6.40. The minimum Gasteiger partial charge on any atom is -0.297 e. The van der Waals surface area contributed by atoms with Crippen LogP contribution in [-0.4, -0.2) is 27.4 Å². The molecule has 1 fully saturated rings. The zero-order chi connectivity index (χ0) is 10.4. The monoisotopic (exact) mass is 231 g/mol. The second-order valence-corrected chi connectivity index (χ2v) is 5.12. The summed E-state index contributed by atoms with van der Waals surface area (Å²) in [7, 11) is 0. The van der Waals surface area contributed by atoms with Gasteiger partial charge in [0.1, 0.15) is 4.32 Å². The summed E-state index contributed by atoms with van der Waals surface area (Å²) in [6.07, 6.45) is 6.14. The predicted octanol–water partition coefficient (Wildman–Crippen LogP) is 2.82. The van der Waals surface area contributed by atoms with Crippen molar-refractivity contribution in [3.63, 3.8) is 0 Å². The number of carbonyl (C=O) groups is 1. The third-order valence-corrected chi connectivity index (χ3v) is 3.76. The molecular formula is C10H17NOS2. The van der Waals surface area contributed by atoms with Crippen molar-refractivity contribution in [1.82, 2.24) is 4.90 Å². The number of amides is 1. The SMILES string of the molecule is CCCCCCCN1C(=O)CSC1=S. The van der Waals surface area contributed by atoms with Crippen molar-refractivity contribution in [2.24, 2.45) is 0 Å². The van der Waals surface area contributed by atoms with Crippen molar-refractivity contribution in [2.75, 3.05) is 12.3 Å². The molecule has 0 aromatic rings. The van der Waals surface area contributed by atoms with Gasteiger partial charge in [0.05, 0.1) is 5.75 Å². The van der Waals surface area contributed by atoms with Gasteiger partial charge in [-0.2, -0.15) is 0 Å². The van der Waals surface area contributed by atoms with Gasteiger partial charge in [-0.1, -0.05) is 56.6 Å². The fourth-order valence-corrected chi connectivity index (χ4v) is 2.59. The Morgan fingerprint density at radius 3 is 2.64 bits per heavy atom. The first kappa shape index (κ1) is 12.0. The Morgan fingerprint density at radius 2 is 2.07 bits per heavy atom. The van der Waals surface area contributed by atoms with E-state index in [1.165, 1.54) is 37.4 Å². The standard InChI is InChI=1S/C10H17NOS2/c1-2-3-4-5-6-7-11-9(12)8-14-10(11)13/h2-8H2,1H3. The van der Waals surface area contributed by atoms with Crippen LogP contribution in [0.5, 0.6) is 0 Å². The van der Waals surface area contributed by atoms with Gasteiger partial charge < -0.3 is 0 Å². The third kappa shape index (κ3) is 3.58. The highest BCUT2D eigenvalue weighted by Crippen LogP contribution is 2.19. The number of thiocarbonyl (C=S) groups is 1. The third-order valence-electron chi connectivity index (χ3n) is 2.33. The lowest BCUT2D eigenvalue weighted by Crippen LogP contribution is -2.29. The molecule has 1 aliphatic rings. The molecule has 4 heteroatoms. The first-order chi connectivity index (χ1) is 6.75. The number of rotatable bonds is 6. The molecule has 1 amide bonds. The van der Waals surface area contributed by atoms with Gasteiger partial charge in [0.25, 0.3) is 0 Å². The van der Waals surface area contributed by atoms with Gasteiger partial charge in [-0.05, 0) is 6.42 Å². The summed E-state index contributed by atoms with van der Waals surface area (Å²) in [5.41, 5.74) is 0. The summed E-state index contributed by atoms with van der Waals surface area (Å²) in [5, 5.41) is 0. The Morgan fingerprint density at radius 1 is 1.36 bits per heavy atom. The van der Waals surface area contributed by atoms with E-state index in [0.29, 0.717) is 5.75 Å². The van der Waals surface area contributed by atoms with Crippen molar-refractivity contribution in [1.29, 1.82) is 0 Å². The van der Waals surface area contributed by atoms with E-state index in [2.05, 4.69) is 6.92 Å². The van der Waals surface area contributed by atoms with Gasteiger partial charge >= 0.3 is 0 Å². The topological polar surface area (TPSA) is 20.3 Å². The van der Waals surface area contributed by atoms with Gasteiger partial charge in [-0.25, -0.2) is 0 Å². The highest BCUT2D eigenvalue weighted by molar-refractivity contribution is 8.23.